The number of pyridine rings is 2. The summed E-state index contributed by atoms with van der Waals surface area (Å²) in [4.78, 5) is 14.6. The Hall–Kier alpha value is -5.55. The topological polar surface area (TPSA) is 48.5 Å². The number of imidazole rings is 1. The van der Waals surface area contributed by atoms with Crippen LogP contribution in [0.25, 0.3) is 67.0 Å². The minimum atomic E-state index is 0.849. The van der Waals surface area contributed by atoms with Gasteiger partial charge in [0.1, 0.15) is 5.82 Å². The highest BCUT2D eigenvalue weighted by molar-refractivity contribution is 6.20. The Labute approximate surface area is 230 Å². The van der Waals surface area contributed by atoms with Crippen molar-refractivity contribution in [2.75, 3.05) is 0 Å². The van der Waals surface area contributed by atoms with Crippen LogP contribution in [-0.4, -0.2) is 24.1 Å². The molecule has 0 saturated carbocycles. The molecule has 0 spiro atoms. The number of aromatic nitrogens is 5. The van der Waals surface area contributed by atoms with Gasteiger partial charge in [0.15, 0.2) is 0 Å². The molecule has 0 atom stereocenters. The Kier molecular flexibility index (Phi) is 5.07. The molecule has 0 amide bonds. The second-order valence-electron chi connectivity index (χ2n) is 9.77. The predicted molar refractivity (Wildman–Crippen MR) is 162 cm³/mol. The fourth-order valence-corrected chi connectivity index (χ4v) is 5.68. The van der Waals surface area contributed by atoms with Crippen molar-refractivity contribution in [3.8, 4) is 34.2 Å². The second kappa shape index (κ2) is 9.03. The summed E-state index contributed by atoms with van der Waals surface area (Å²) < 4.78 is 4.54. The summed E-state index contributed by atoms with van der Waals surface area (Å²) in [5.74, 6) is 0.924. The molecule has 0 saturated heterocycles. The maximum Gasteiger partial charge on any atom is 0.145 e. The summed E-state index contributed by atoms with van der Waals surface area (Å²) in [7, 11) is 0. The molecule has 0 unspecified atom stereocenters. The van der Waals surface area contributed by atoms with E-state index in [-0.39, 0.29) is 0 Å². The molecule has 0 aliphatic rings. The summed E-state index contributed by atoms with van der Waals surface area (Å²) in [6, 6.07) is 43.8. The van der Waals surface area contributed by atoms with Gasteiger partial charge in [0.05, 0.1) is 45.3 Å². The zero-order valence-electron chi connectivity index (χ0n) is 21.5. The van der Waals surface area contributed by atoms with E-state index in [1.165, 1.54) is 0 Å². The number of para-hydroxylation sites is 2. The van der Waals surface area contributed by atoms with E-state index in [0.29, 0.717) is 0 Å². The van der Waals surface area contributed by atoms with Gasteiger partial charge in [-0.05, 0) is 54.6 Å². The summed E-state index contributed by atoms with van der Waals surface area (Å²) in [6.45, 7) is 0. The molecule has 0 aliphatic heterocycles. The number of hydrogen-bond donors (Lipinski definition) is 0. The van der Waals surface area contributed by atoms with Crippen LogP contribution >= 0.6 is 0 Å². The van der Waals surface area contributed by atoms with Gasteiger partial charge in [-0.1, -0.05) is 72.8 Å². The van der Waals surface area contributed by atoms with Gasteiger partial charge in [0.25, 0.3) is 0 Å². The summed E-state index contributed by atoms with van der Waals surface area (Å²) in [5, 5.41) is 2.29. The fraction of sp³-hybridized carbons (Fsp3) is 0. The second-order valence-corrected chi connectivity index (χ2v) is 9.77. The van der Waals surface area contributed by atoms with Crippen molar-refractivity contribution in [2.45, 2.75) is 0 Å². The van der Waals surface area contributed by atoms with Crippen LogP contribution in [0.3, 0.4) is 0 Å². The Balaban J connectivity index is 1.42. The smallest absolute Gasteiger partial charge is 0.145 e. The minimum absolute atomic E-state index is 0.849. The van der Waals surface area contributed by atoms with Crippen molar-refractivity contribution in [2.24, 2.45) is 0 Å². The highest BCUT2D eigenvalue weighted by atomic mass is 15.1. The van der Waals surface area contributed by atoms with E-state index < -0.39 is 0 Å². The highest BCUT2D eigenvalue weighted by Gasteiger charge is 2.21. The first-order chi connectivity index (χ1) is 19.9. The lowest BCUT2D eigenvalue weighted by Crippen LogP contribution is -1.97. The van der Waals surface area contributed by atoms with Crippen molar-refractivity contribution in [1.82, 2.24) is 24.1 Å². The lowest BCUT2D eigenvalue weighted by Gasteiger charge is -2.10. The molecule has 8 rings (SSSR count). The maximum atomic E-state index is 5.32. The van der Waals surface area contributed by atoms with Crippen LogP contribution in [0.4, 0.5) is 0 Å². The molecule has 0 bridgehead atoms. The Morgan fingerprint density at radius 1 is 0.475 bits per heavy atom. The number of fused-ring (bicyclic) bond motifs is 5. The van der Waals surface area contributed by atoms with Crippen molar-refractivity contribution in [1.29, 1.82) is 0 Å². The molecule has 188 valence electrons. The first-order valence-electron chi connectivity index (χ1n) is 13.3. The van der Waals surface area contributed by atoms with Gasteiger partial charge in [-0.2, -0.15) is 0 Å². The molecule has 40 heavy (non-hydrogen) atoms. The first-order valence-corrected chi connectivity index (χ1v) is 13.3. The molecule has 0 aliphatic carbocycles. The normalized spacial score (nSPS) is 11.5. The van der Waals surface area contributed by atoms with Crippen LogP contribution < -0.4 is 0 Å². The van der Waals surface area contributed by atoms with E-state index in [9.17, 15) is 0 Å². The molecule has 0 fully saturated rings. The molecular weight excluding hydrogens is 490 g/mol. The number of benzene rings is 4. The SMILES string of the molecule is c1ccc(-c2nc3c4c5ccccc5n(-c5ccc(-c6ccccn6)nc5)c4ccc3n2-c2ccccc2)cc1. The lowest BCUT2D eigenvalue weighted by molar-refractivity contribution is 1.10. The van der Waals surface area contributed by atoms with Gasteiger partial charge in [-0.25, -0.2) is 4.98 Å². The molecule has 8 aromatic rings. The molecule has 5 nitrogen and oxygen atoms in total. The van der Waals surface area contributed by atoms with Crippen LogP contribution in [0, 0.1) is 0 Å². The largest absolute Gasteiger partial charge is 0.308 e. The van der Waals surface area contributed by atoms with Crippen molar-refractivity contribution >= 4 is 32.8 Å². The average Bonchev–Trinajstić information content (AvgIpc) is 3.59. The molecule has 0 radical (unpaired) electrons. The quantitative estimate of drug-likeness (QED) is 0.238. The Bertz CT molecular complexity index is 2130. The van der Waals surface area contributed by atoms with Gasteiger partial charge >= 0.3 is 0 Å². The van der Waals surface area contributed by atoms with Crippen LogP contribution in [0.15, 0.2) is 140 Å². The Morgan fingerprint density at radius 2 is 1.20 bits per heavy atom. The van der Waals surface area contributed by atoms with Gasteiger partial charge in [0, 0.05) is 28.2 Å². The molecule has 4 aromatic carbocycles. The van der Waals surface area contributed by atoms with Crippen LogP contribution in [-0.2, 0) is 0 Å². The van der Waals surface area contributed by atoms with Gasteiger partial charge in [0.2, 0.25) is 0 Å². The molecule has 0 N–H and O–H groups in total. The van der Waals surface area contributed by atoms with E-state index in [0.717, 1.165) is 67.0 Å². The number of nitrogens with zero attached hydrogens (tertiary/aromatic N) is 5. The first kappa shape index (κ1) is 22.4. The number of hydrogen-bond acceptors (Lipinski definition) is 3. The Morgan fingerprint density at radius 3 is 1.98 bits per heavy atom. The third kappa shape index (κ3) is 3.45. The standard InChI is InChI=1S/C35H23N5/c1-3-11-24(12-4-1)35-38-34-32(40(35)25-13-5-2-6-14-25)21-20-31-33(34)27-15-7-8-17-30(27)39(31)26-18-19-29(37-23-26)28-16-9-10-22-36-28/h1-23H. The summed E-state index contributed by atoms with van der Waals surface area (Å²) in [6.07, 6.45) is 3.72. The monoisotopic (exact) mass is 513 g/mol. The van der Waals surface area contributed by atoms with E-state index in [4.69, 9.17) is 9.97 Å². The highest BCUT2D eigenvalue weighted by Crippen LogP contribution is 2.39. The summed E-state index contributed by atoms with van der Waals surface area (Å²) >= 11 is 0. The molecule has 5 heteroatoms. The van der Waals surface area contributed by atoms with Gasteiger partial charge < -0.3 is 4.57 Å². The van der Waals surface area contributed by atoms with Gasteiger partial charge in [-0.3, -0.25) is 14.5 Å². The van der Waals surface area contributed by atoms with Crippen LogP contribution in [0.2, 0.25) is 0 Å². The fourth-order valence-electron chi connectivity index (χ4n) is 5.68. The number of rotatable bonds is 4. The van der Waals surface area contributed by atoms with Crippen LogP contribution in [0.1, 0.15) is 0 Å². The maximum absolute atomic E-state index is 5.32. The van der Waals surface area contributed by atoms with Crippen molar-refractivity contribution in [3.63, 3.8) is 0 Å². The molecule has 4 aromatic heterocycles. The van der Waals surface area contributed by atoms with Gasteiger partial charge in [-0.15, -0.1) is 0 Å². The molecular formula is C35H23N5. The summed E-state index contributed by atoms with van der Waals surface area (Å²) in [5.41, 5.74) is 9.13. The lowest BCUT2D eigenvalue weighted by atomic mass is 10.1. The minimum Gasteiger partial charge on any atom is -0.308 e. The zero-order chi connectivity index (χ0) is 26.5. The third-order valence-electron chi connectivity index (χ3n) is 7.44. The van der Waals surface area contributed by atoms with Crippen molar-refractivity contribution < 1.29 is 0 Å². The van der Waals surface area contributed by atoms with E-state index >= 15 is 0 Å². The van der Waals surface area contributed by atoms with E-state index in [1.807, 2.05) is 42.6 Å². The zero-order valence-corrected chi connectivity index (χ0v) is 21.5. The van der Waals surface area contributed by atoms with Crippen LogP contribution in [0.5, 0.6) is 0 Å². The van der Waals surface area contributed by atoms with E-state index in [2.05, 4.69) is 105 Å². The van der Waals surface area contributed by atoms with E-state index in [1.54, 1.807) is 6.20 Å². The molecule has 4 heterocycles. The predicted octanol–water partition coefficient (Wildman–Crippen LogP) is 8.25. The third-order valence-corrected chi connectivity index (χ3v) is 7.44. The average molecular weight is 514 g/mol. The van der Waals surface area contributed by atoms with Crippen molar-refractivity contribution in [3.05, 3.63) is 140 Å².